The monoisotopic (exact) mass is 361 g/mol. The number of aliphatic hydroxyl groups excluding tert-OH is 3. The minimum Gasteiger partial charge on any atom is -0.396 e. The molecule has 0 bridgehead atoms. The summed E-state index contributed by atoms with van der Waals surface area (Å²) in [5, 5.41) is 31.2. The molecule has 1 saturated heterocycles. The number of carbonyl (C=O) groups excluding carboxylic acids is 1. The Labute approximate surface area is 148 Å². The average molecular weight is 361 g/mol. The van der Waals surface area contributed by atoms with E-state index in [1.807, 2.05) is 0 Å². The van der Waals surface area contributed by atoms with Crippen molar-refractivity contribution in [2.45, 2.75) is 18.4 Å². The second kappa shape index (κ2) is 7.75. The van der Waals surface area contributed by atoms with Crippen molar-refractivity contribution in [1.29, 1.82) is 0 Å². The van der Waals surface area contributed by atoms with E-state index in [0.29, 0.717) is 5.56 Å². The Hall–Kier alpha value is -2.59. The Morgan fingerprint density at radius 3 is 2.54 bits per heavy atom. The van der Waals surface area contributed by atoms with Gasteiger partial charge < -0.3 is 25.4 Å². The lowest BCUT2D eigenvalue weighted by Gasteiger charge is -2.19. The maximum Gasteiger partial charge on any atom is 0.351 e. The van der Waals surface area contributed by atoms with E-state index in [0.717, 1.165) is 4.57 Å². The number of hydrogen-bond acceptors (Lipinski definition) is 7. The number of aliphatic hydroxyl groups is 3. The SMILES string of the molecule is O=C(Nc1ccn([C@@H]2O[C@H](CO)[C@@H](O)[C@H]2CO)c(=O)n1)c1ccccc1. The first-order valence-electron chi connectivity index (χ1n) is 8.06. The predicted molar refractivity (Wildman–Crippen MR) is 90.5 cm³/mol. The van der Waals surface area contributed by atoms with Crippen LogP contribution < -0.4 is 11.0 Å². The van der Waals surface area contributed by atoms with Crippen LogP contribution in [-0.2, 0) is 4.74 Å². The second-order valence-electron chi connectivity index (χ2n) is 5.91. The van der Waals surface area contributed by atoms with Crippen molar-refractivity contribution in [2.24, 2.45) is 5.92 Å². The summed E-state index contributed by atoms with van der Waals surface area (Å²) >= 11 is 0. The summed E-state index contributed by atoms with van der Waals surface area (Å²) in [4.78, 5) is 28.2. The van der Waals surface area contributed by atoms with E-state index in [2.05, 4.69) is 10.3 Å². The molecule has 0 aliphatic carbocycles. The summed E-state index contributed by atoms with van der Waals surface area (Å²) < 4.78 is 6.57. The van der Waals surface area contributed by atoms with Crippen LogP contribution in [0.1, 0.15) is 16.6 Å². The number of nitrogens with one attached hydrogen (secondary N) is 1. The van der Waals surface area contributed by atoms with Crippen molar-refractivity contribution in [3.05, 3.63) is 58.6 Å². The van der Waals surface area contributed by atoms with Gasteiger partial charge in [-0.25, -0.2) is 4.79 Å². The van der Waals surface area contributed by atoms with Crippen molar-refractivity contribution >= 4 is 11.7 Å². The van der Waals surface area contributed by atoms with E-state index in [1.165, 1.54) is 12.3 Å². The van der Waals surface area contributed by atoms with E-state index in [1.54, 1.807) is 30.3 Å². The minimum atomic E-state index is -1.11. The summed E-state index contributed by atoms with van der Waals surface area (Å²) in [6, 6.07) is 9.89. The Morgan fingerprint density at radius 1 is 1.19 bits per heavy atom. The molecule has 4 N–H and O–H groups in total. The van der Waals surface area contributed by atoms with Gasteiger partial charge in [-0.1, -0.05) is 18.2 Å². The van der Waals surface area contributed by atoms with E-state index in [4.69, 9.17) is 4.74 Å². The summed E-state index contributed by atoms with van der Waals surface area (Å²) in [5.41, 5.74) is -0.294. The first-order chi connectivity index (χ1) is 12.5. The number of rotatable bonds is 5. The number of hydrogen-bond donors (Lipinski definition) is 4. The third kappa shape index (κ3) is 3.51. The molecule has 4 atom stereocenters. The van der Waals surface area contributed by atoms with Gasteiger partial charge in [0, 0.05) is 11.8 Å². The molecule has 0 saturated carbocycles. The van der Waals surface area contributed by atoms with Crippen LogP contribution in [0, 0.1) is 5.92 Å². The number of anilines is 1. The normalized spacial score (nSPS) is 25.2. The zero-order chi connectivity index (χ0) is 18.7. The molecule has 9 nitrogen and oxygen atoms in total. The molecule has 0 spiro atoms. The van der Waals surface area contributed by atoms with Crippen molar-refractivity contribution < 1.29 is 24.9 Å². The molecule has 1 aromatic heterocycles. The van der Waals surface area contributed by atoms with E-state index in [-0.39, 0.29) is 5.82 Å². The number of carbonyl (C=O) groups is 1. The summed E-state index contributed by atoms with van der Waals surface area (Å²) in [6.45, 7) is -0.872. The maximum atomic E-state index is 12.3. The van der Waals surface area contributed by atoms with Gasteiger partial charge >= 0.3 is 5.69 Å². The average Bonchev–Trinajstić information content (AvgIpc) is 2.98. The number of nitrogens with zero attached hydrogens (tertiary/aromatic N) is 2. The van der Waals surface area contributed by atoms with Crippen LogP contribution in [0.2, 0.25) is 0 Å². The van der Waals surface area contributed by atoms with Crippen molar-refractivity contribution in [1.82, 2.24) is 9.55 Å². The highest BCUT2D eigenvalue weighted by molar-refractivity contribution is 6.03. The van der Waals surface area contributed by atoms with Gasteiger partial charge in [0.05, 0.1) is 25.2 Å². The van der Waals surface area contributed by atoms with Crippen LogP contribution in [0.15, 0.2) is 47.4 Å². The molecule has 0 unspecified atom stereocenters. The van der Waals surface area contributed by atoms with Gasteiger partial charge in [0.2, 0.25) is 0 Å². The summed E-state index contributed by atoms with van der Waals surface area (Å²) in [6.07, 6.45) is -1.62. The van der Waals surface area contributed by atoms with Crippen LogP contribution >= 0.6 is 0 Å². The molecule has 1 aromatic carbocycles. The van der Waals surface area contributed by atoms with Gasteiger partial charge in [-0.05, 0) is 18.2 Å². The number of ether oxygens (including phenoxy) is 1. The van der Waals surface area contributed by atoms with Crippen molar-refractivity contribution in [2.75, 3.05) is 18.5 Å². The first kappa shape index (κ1) is 18.2. The van der Waals surface area contributed by atoms with Crippen LogP contribution in [-0.4, -0.2) is 56.2 Å². The molecule has 138 valence electrons. The van der Waals surface area contributed by atoms with Crippen molar-refractivity contribution in [3.8, 4) is 0 Å². The molecule has 1 fully saturated rings. The van der Waals surface area contributed by atoms with Gasteiger partial charge in [-0.2, -0.15) is 4.98 Å². The Bertz CT molecular complexity index is 825. The zero-order valence-electron chi connectivity index (χ0n) is 13.7. The lowest BCUT2D eigenvalue weighted by atomic mass is 10.0. The minimum absolute atomic E-state index is 0.0675. The second-order valence-corrected chi connectivity index (χ2v) is 5.91. The third-order valence-corrected chi connectivity index (χ3v) is 4.27. The molecule has 1 aliphatic rings. The van der Waals surface area contributed by atoms with Crippen LogP contribution in [0.5, 0.6) is 0 Å². The molecular formula is C17H19N3O6. The topological polar surface area (TPSA) is 134 Å². The van der Waals surface area contributed by atoms with Gasteiger partial charge in [0.15, 0.2) is 0 Å². The standard InChI is InChI=1S/C17H19N3O6/c21-8-11-14(23)12(9-22)26-16(11)20-7-6-13(19-17(20)25)18-15(24)10-4-2-1-3-5-10/h1-7,11-12,14,16,21-23H,8-9H2,(H,18,19,24,25)/t11-,12-,14+,16-/m1/s1. The molecule has 0 radical (unpaired) electrons. The predicted octanol–water partition coefficient (Wildman–Crippen LogP) is -0.645. The van der Waals surface area contributed by atoms with Crippen LogP contribution in [0.4, 0.5) is 5.82 Å². The fourth-order valence-corrected chi connectivity index (χ4v) is 2.88. The fraction of sp³-hybridized carbons (Fsp3) is 0.353. The Morgan fingerprint density at radius 2 is 1.92 bits per heavy atom. The lowest BCUT2D eigenvalue weighted by Crippen LogP contribution is -2.34. The fourth-order valence-electron chi connectivity index (χ4n) is 2.88. The van der Waals surface area contributed by atoms with Crippen molar-refractivity contribution in [3.63, 3.8) is 0 Å². The molecule has 2 aromatic rings. The molecule has 1 amide bonds. The molecule has 26 heavy (non-hydrogen) atoms. The van der Waals surface area contributed by atoms with Crippen LogP contribution in [0.3, 0.4) is 0 Å². The van der Waals surface area contributed by atoms with E-state index < -0.39 is 49.2 Å². The smallest absolute Gasteiger partial charge is 0.351 e. The largest absolute Gasteiger partial charge is 0.396 e. The number of aromatic nitrogens is 2. The van der Waals surface area contributed by atoms with Gasteiger partial charge in [0.1, 0.15) is 18.1 Å². The highest BCUT2D eigenvalue weighted by atomic mass is 16.5. The van der Waals surface area contributed by atoms with Gasteiger partial charge in [-0.3, -0.25) is 9.36 Å². The highest BCUT2D eigenvalue weighted by Gasteiger charge is 2.44. The zero-order valence-corrected chi connectivity index (χ0v) is 13.7. The molecular weight excluding hydrogens is 342 g/mol. The lowest BCUT2D eigenvalue weighted by molar-refractivity contribution is -0.0495. The number of benzene rings is 1. The Balaban J connectivity index is 1.80. The van der Waals surface area contributed by atoms with Gasteiger partial charge in [-0.15, -0.1) is 0 Å². The third-order valence-electron chi connectivity index (χ3n) is 4.27. The first-order valence-corrected chi connectivity index (χ1v) is 8.06. The Kier molecular flexibility index (Phi) is 5.43. The van der Waals surface area contributed by atoms with E-state index in [9.17, 15) is 24.9 Å². The number of amides is 1. The molecule has 1 aliphatic heterocycles. The summed E-state index contributed by atoms with van der Waals surface area (Å²) in [7, 11) is 0. The van der Waals surface area contributed by atoms with Crippen LogP contribution in [0.25, 0.3) is 0 Å². The van der Waals surface area contributed by atoms with Gasteiger partial charge in [0.25, 0.3) is 5.91 Å². The quantitative estimate of drug-likeness (QED) is 0.556. The molecule has 9 heteroatoms. The summed E-state index contributed by atoms with van der Waals surface area (Å²) in [5.74, 6) is -1.12. The maximum absolute atomic E-state index is 12.3. The van der Waals surface area contributed by atoms with E-state index >= 15 is 0 Å². The highest BCUT2D eigenvalue weighted by Crippen LogP contribution is 2.33. The molecule has 2 heterocycles. The molecule has 3 rings (SSSR count).